The summed E-state index contributed by atoms with van der Waals surface area (Å²) < 4.78 is 4.83. The third kappa shape index (κ3) is 13.2. The summed E-state index contributed by atoms with van der Waals surface area (Å²) in [7, 11) is 0. The SMILES string of the molecule is CC/C=C/CCC(C)(C)CCC/C=C/COC(C)=O. The van der Waals surface area contributed by atoms with Crippen LogP contribution in [0.2, 0.25) is 0 Å². The molecule has 0 saturated carbocycles. The number of carbonyl (C=O) groups is 1. The fourth-order valence-corrected chi connectivity index (χ4v) is 1.93. The van der Waals surface area contributed by atoms with Gasteiger partial charge in [0.2, 0.25) is 0 Å². The van der Waals surface area contributed by atoms with E-state index in [1.807, 2.05) is 6.08 Å². The largest absolute Gasteiger partial charge is 0.462 e. The van der Waals surface area contributed by atoms with Gasteiger partial charge in [0.25, 0.3) is 0 Å². The maximum atomic E-state index is 10.5. The van der Waals surface area contributed by atoms with Crippen molar-refractivity contribution in [1.29, 1.82) is 0 Å². The van der Waals surface area contributed by atoms with E-state index >= 15 is 0 Å². The molecule has 0 unspecified atom stereocenters. The van der Waals surface area contributed by atoms with E-state index in [0.29, 0.717) is 12.0 Å². The average molecular weight is 266 g/mol. The Bertz CT molecular complexity index is 288. The van der Waals surface area contributed by atoms with Gasteiger partial charge in [-0.05, 0) is 43.9 Å². The summed E-state index contributed by atoms with van der Waals surface area (Å²) in [6, 6.07) is 0. The molecule has 0 heterocycles. The quantitative estimate of drug-likeness (QED) is 0.314. The molecule has 0 spiro atoms. The molecular weight excluding hydrogens is 236 g/mol. The number of esters is 1. The number of carbonyl (C=O) groups excluding carboxylic acids is 1. The number of unbranched alkanes of at least 4 members (excludes halogenated alkanes) is 1. The minimum Gasteiger partial charge on any atom is -0.462 e. The van der Waals surface area contributed by atoms with Crippen molar-refractivity contribution in [2.45, 2.75) is 66.2 Å². The summed E-state index contributed by atoms with van der Waals surface area (Å²) in [6.07, 6.45) is 15.6. The normalized spacial score (nSPS) is 12.4. The molecule has 0 aromatic rings. The standard InChI is InChI=1S/C17H30O2/c1-5-6-7-10-13-17(3,4)14-11-8-9-12-15-19-16(2)18/h6-7,9,12H,5,8,10-11,13-15H2,1-4H3/b7-6+,12-9+. The number of ether oxygens (including phenoxy) is 1. The summed E-state index contributed by atoms with van der Waals surface area (Å²) in [5.74, 6) is -0.217. The van der Waals surface area contributed by atoms with E-state index in [9.17, 15) is 4.79 Å². The van der Waals surface area contributed by atoms with Crippen LogP contribution in [0.5, 0.6) is 0 Å². The van der Waals surface area contributed by atoms with Crippen molar-refractivity contribution < 1.29 is 9.53 Å². The first-order chi connectivity index (χ1) is 8.98. The minimum atomic E-state index is -0.217. The Morgan fingerprint density at radius 1 is 1.05 bits per heavy atom. The predicted octanol–water partition coefficient (Wildman–Crippen LogP) is 5.05. The topological polar surface area (TPSA) is 26.3 Å². The summed E-state index contributed by atoms with van der Waals surface area (Å²) >= 11 is 0. The smallest absolute Gasteiger partial charge is 0.302 e. The Morgan fingerprint density at radius 3 is 2.37 bits per heavy atom. The van der Waals surface area contributed by atoms with Gasteiger partial charge in [-0.2, -0.15) is 0 Å². The zero-order chi connectivity index (χ0) is 14.6. The number of rotatable bonds is 10. The van der Waals surface area contributed by atoms with Crippen molar-refractivity contribution in [3.63, 3.8) is 0 Å². The van der Waals surface area contributed by atoms with E-state index in [0.717, 1.165) is 12.8 Å². The molecule has 0 bridgehead atoms. The maximum Gasteiger partial charge on any atom is 0.302 e. The van der Waals surface area contributed by atoms with Crippen molar-refractivity contribution in [3.8, 4) is 0 Å². The fourth-order valence-electron chi connectivity index (χ4n) is 1.93. The van der Waals surface area contributed by atoms with Crippen molar-refractivity contribution in [3.05, 3.63) is 24.3 Å². The van der Waals surface area contributed by atoms with Crippen molar-refractivity contribution in [2.75, 3.05) is 6.61 Å². The monoisotopic (exact) mass is 266 g/mol. The van der Waals surface area contributed by atoms with E-state index in [1.165, 1.54) is 32.6 Å². The molecular formula is C17H30O2. The Hall–Kier alpha value is -1.05. The van der Waals surface area contributed by atoms with Crippen LogP contribution in [0.25, 0.3) is 0 Å². The fraction of sp³-hybridized carbons (Fsp3) is 0.706. The number of hydrogen-bond donors (Lipinski definition) is 0. The molecule has 0 fully saturated rings. The van der Waals surface area contributed by atoms with Crippen LogP contribution in [-0.2, 0) is 9.53 Å². The summed E-state index contributed by atoms with van der Waals surface area (Å²) in [4.78, 5) is 10.5. The van der Waals surface area contributed by atoms with Gasteiger partial charge in [-0.15, -0.1) is 0 Å². The van der Waals surface area contributed by atoms with Crippen molar-refractivity contribution in [2.24, 2.45) is 5.41 Å². The lowest BCUT2D eigenvalue weighted by molar-refractivity contribution is -0.139. The van der Waals surface area contributed by atoms with Crippen LogP contribution < -0.4 is 0 Å². The lowest BCUT2D eigenvalue weighted by Crippen LogP contribution is -2.10. The zero-order valence-corrected chi connectivity index (χ0v) is 13.1. The lowest BCUT2D eigenvalue weighted by atomic mass is 9.82. The third-order valence-electron chi connectivity index (χ3n) is 3.16. The Morgan fingerprint density at radius 2 is 1.74 bits per heavy atom. The third-order valence-corrected chi connectivity index (χ3v) is 3.16. The Labute approximate surface area is 118 Å². The van der Waals surface area contributed by atoms with Gasteiger partial charge in [-0.1, -0.05) is 45.1 Å². The summed E-state index contributed by atoms with van der Waals surface area (Å²) in [5.41, 5.74) is 0.418. The highest BCUT2D eigenvalue weighted by Gasteiger charge is 2.15. The molecule has 0 amide bonds. The van der Waals surface area contributed by atoms with E-state index in [4.69, 9.17) is 4.74 Å². The van der Waals surface area contributed by atoms with E-state index < -0.39 is 0 Å². The van der Waals surface area contributed by atoms with E-state index in [-0.39, 0.29) is 5.97 Å². The Balaban J connectivity index is 3.62. The van der Waals surface area contributed by atoms with E-state index in [2.05, 4.69) is 39.0 Å². The van der Waals surface area contributed by atoms with Crippen LogP contribution in [0.1, 0.15) is 66.2 Å². The second-order valence-electron chi connectivity index (χ2n) is 5.75. The molecule has 0 atom stereocenters. The van der Waals surface area contributed by atoms with Gasteiger partial charge in [0.15, 0.2) is 0 Å². The zero-order valence-electron chi connectivity index (χ0n) is 13.1. The second kappa shape index (κ2) is 10.8. The van der Waals surface area contributed by atoms with Gasteiger partial charge in [-0.3, -0.25) is 4.79 Å². The first-order valence-electron chi connectivity index (χ1n) is 7.41. The molecule has 0 saturated heterocycles. The predicted molar refractivity (Wildman–Crippen MR) is 82.1 cm³/mol. The number of allylic oxidation sites excluding steroid dienone is 3. The van der Waals surface area contributed by atoms with Crippen LogP contribution in [0.4, 0.5) is 0 Å². The van der Waals surface area contributed by atoms with Crippen LogP contribution in [0, 0.1) is 5.41 Å². The van der Waals surface area contributed by atoms with Gasteiger partial charge in [-0.25, -0.2) is 0 Å². The molecule has 0 aliphatic carbocycles. The van der Waals surface area contributed by atoms with Crippen LogP contribution >= 0.6 is 0 Å². The van der Waals surface area contributed by atoms with Gasteiger partial charge in [0.1, 0.15) is 6.61 Å². The first kappa shape index (κ1) is 17.9. The molecule has 2 heteroatoms. The summed E-state index contributed by atoms with van der Waals surface area (Å²) in [6.45, 7) is 8.69. The molecule has 0 aromatic heterocycles. The van der Waals surface area contributed by atoms with E-state index in [1.54, 1.807) is 0 Å². The molecule has 0 aliphatic heterocycles. The molecule has 19 heavy (non-hydrogen) atoms. The molecule has 0 radical (unpaired) electrons. The minimum absolute atomic E-state index is 0.217. The average Bonchev–Trinajstić information content (AvgIpc) is 2.33. The van der Waals surface area contributed by atoms with Gasteiger partial charge in [0.05, 0.1) is 0 Å². The molecule has 0 N–H and O–H groups in total. The van der Waals surface area contributed by atoms with Crippen molar-refractivity contribution in [1.82, 2.24) is 0 Å². The van der Waals surface area contributed by atoms with Crippen LogP contribution in [0.15, 0.2) is 24.3 Å². The van der Waals surface area contributed by atoms with Crippen molar-refractivity contribution >= 4 is 5.97 Å². The molecule has 0 aromatic carbocycles. The van der Waals surface area contributed by atoms with Gasteiger partial charge < -0.3 is 4.74 Å². The highest BCUT2D eigenvalue weighted by Crippen LogP contribution is 2.29. The molecule has 0 rings (SSSR count). The Kier molecular flexibility index (Phi) is 10.2. The number of hydrogen-bond acceptors (Lipinski definition) is 2. The van der Waals surface area contributed by atoms with Crippen LogP contribution in [-0.4, -0.2) is 12.6 Å². The lowest BCUT2D eigenvalue weighted by Gasteiger charge is -2.23. The molecule has 0 aliphatic rings. The second-order valence-corrected chi connectivity index (χ2v) is 5.75. The first-order valence-corrected chi connectivity index (χ1v) is 7.41. The molecule has 2 nitrogen and oxygen atoms in total. The maximum absolute atomic E-state index is 10.5. The molecule has 110 valence electrons. The summed E-state index contributed by atoms with van der Waals surface area (Å²) in [5, 5.41) is 0. The van der Waals surface area contributed by atoms with Gasteiger partial charge in [0, 0.05) is 6.92 Å². The van der Waals surface area contributed by atoms with Crippen LogP contribution in [0.3, 0.4) is 0 Å². The van der Waals surface area contributed by atoms with Gasteiger partial charge >= 0.3 is 5.97 Å². The highest BCUT2D eigenvalue weighted by molar-refractivity contribution is 5.65. The highest BCUT2D eigenvalue weighted by atomic mass is 16.5.